The average molecular weight is 349 g/mol. The van der Waals surface area contributed by atoms with Crippen LogP contribution in [0.1, 0.15) is 22.8 Å². The van der Waals surface area contributed by atoms with E-state index in [0.717, 1.165) is 11.3 Å². The van der Waals surface area contributed by atoms with Crippen molar-refractivity contribution in [2.24, 2.45) is 0 Å². The molecule has 0 saturated carbocycles. The molecule has 24 heavy (non-hydrogen) atoms. The van der Waals surface area contributed by atoms with Gasteiger partial charge in [-0.25, -0.2) is 17.9 Å². The molecule has 0 radical (unpaired) electrons. The molecule has 2 aromatic rings. The van der Waals surface area contributed by atoms with E-state index in [4.69, 9.17) is 9.47 Å². The topological polar surface area (TPSA) is 81.7 Å². The van der Waals surface area contributed by atoms with Crippen molar-refractivity contribution in [1.29, 1.82) is 0 Å². The van der Waals surface area contributed by atoms with Gasteiger partial charge in [-0.15, -0.1) is 0 Å². The van der Waals surface area contributed by atoms with Gasteiger partial charge in [0.15, 0.2) is 0 Å². The lowest BCUT2D eigenvalue weighted by Crippen LogP contribution is -2.23. The van der Waals surface area contributed by atoms with E-state index in [2.05, 4.69) is 4.72 Å². The number of benzene rings is 2. The molecular weight excluding hydrogens is 330 g/mol. The summed E-state index contributed by atoms with van der Waals surface area (Å²) in [5.41, 5.74) is 1.12. The van der Waals surface area contributed by atoms with E-state index in [9.17, 15) is 13.2 Å². The van der Waals surface area contributed by atoms with Gasteiger partial charge in [-0.1, -0.05) is 19.1 Å². The summed E-state index contributed by atoms with van der Waals surface area (Å²) in [7, 11) is -1.95. The lowest BCUT2D eigenvalue weighted by atomic mass is 10.2. The van der Waals surface area contributed by atoms with Crippen LogP contribution in [0.25, 0.3) is 0 Å². The fourth-order valence-corrected chi connectivity index (χ4v) is 3.04. The lowest BCUT2D eigenvalue weighted by Gasteiger charge is -2.07. The molecule has 0 amide bonds. The Morgan fingerprint density at radius 2 is 1.67 bits per heavy atom. The molecule has 0 aliphatic rings. The highest BCUT2D eigenvalue weighted by atomic mass is 32.2. The predicted molar refractivity (Wildman–Crippen MR) is 89.4 cm³/mol. The summed E-state index contributed by atoms with van der Waals surface area (Å²) in [6.45, 7) is 2.12. The van der Waals surface area contributed by atoms with E-state index in [1.165, 1.54) is 24.3 Å². The lowest BCUT2D eigenvalue weighted by molar-refractivity contribution is 0.0472. The Morgan fingerprint density at radius 1 is 1.04 bits per heavy atom. The largest absolute Gasteiger partial charge is 0.497 e. The van der Waals surface area contributed by atoms with Crippen molar-refractivity contribution in [2.75, 3.05) is 13.7 Å². The van der Waals surface area contributed by atoms with Gasteiger partial charge in [0.2, 0.25) is 10.0 Å². The van der Waals surface area contributed by atoms with Gasteiger partial charge in [0.25, 0.3) is 0 Å². The first kappa shape index (κ1) is 18.0. The summed E-state index contributed by atoms with van der Waals surface area (Å²) in [6, 6.07) is 12.8. The maximum Gasteiger partial charge on any atom is 0.338 e. The zero-order valence-electron chi connectivity index (χ0n) is 13.5. The Kier molecular flexibility index (Phi) is 5.94. The van der Waals surface area contributed by atoms with Gasteiger partial charge in [-0.3, -0.25) is 0 Å². The number of hydrogen-bond acceptors (Lipinski definition) is 5. The van der Waals surface area contributed by atoms with Crippen LogP contribution in [0.5, 0.6) is 5.75 Å². The normalized spacial score (nSPS) is 11.1. The second-order valence-electron chi connectivity index (χ2n) is 4.95. The number of esters is 1. The third-order valence-corrected chi connectivity index (χ3v) is 4.83. The zero-order valence-corrected chi connectivity index (χ0v) is 14.3. The first-order chi connectivity index (χ1) is 11.5. The van der Waals surface area contributed by atoms with Crippen LogP contribution in [0.15, 0.2) is 53.4 Å². The van der Waals surface area contributed by atoms with Gasteiger partial charge in [0.1, 0.15) is 12.4 Å². The van der Waals surface area contributed by atoms with Crippen LogP contribution in [0.2, 0.25) is 0 Å². The minimum atomic E-state index is -3.53. The minimum absolute atomic E-state index is 0.107. The number of sulfonamides is 1. The fraction of sp³-hybridized carbons (Fsp3) is 0.235. The first-order valence-corrected chi connectivity index (χ1v) is 8.84. The molecule has 0 spiro atoms. The third kappa shape index (κ3) is 4.56. The Hall–Kier alpha value is -2.38. The van der Waals surface area contributed by atoms with Crippen molar-refractivity contribution in [1.82, 2.24) is 4.72 Å². The zero-order chi connectivity index (χ0) is 17.6. The van der Waals surface area contributed by atoms with Crippen LogP contribution in [0.4, 0.5) is 0 Å². The predicted octanol–water partition coefficient (Wildman–Crippen LogP) is 2.35. The van der Waals surface area contributed by atoms with Crippen molar-refractivity contribution >= 4 is 16.0 Å². The molecule has 0 aliphatic carbocycles. The van der Waals surface area contributed by atoms with Gasteiger partial charge in [-0.05, 0) is 42.0 Å². The van der Waals surface area contributed by atoms with Crippen molar-refractivity contribution in [3.05, 3.63) is 59.7 Å². The number of rotatable bonds is 7. The molecule has 7 heteroatoms. The Bertz CT molecular complexity index is 783. The average Bonchev–Trinajstić information content (AvgIpc) is 2.60. The molecule has 0 aromatic heterocycles. The number of methoxy groups -OCH3 is 1. The number of carbonyl (C=O) groups is 1. The van der Waals surface area contributed by atoms with E-state index < -0.39 is 16.0 Å². The highest BCUT2D eigenvalue weighted by Gasteiger charge is 2.14. The molecule has 2 rings (SSSR count). The molecule has 1 N–H and O–H groups in total. The summed E-state index contributed by atoms with van der Waals surface area (Å²) in [5.74, 6) is 0.209. The number of ether oxygens (including phenoxy) is 2. The maximum absolute atomic E-state index is 12.0. The summed E-state index contributed by atoms with van der Waals surface area (Å²) >= 11 is 0. The molecule has 0 heterocycles. The van der Waals surface area contributed by atoms with Crippen LogP contribution in [-0.2, 0) is 21.4 Å². The van der Waals surface area contributed by atoms with Crippen LogP contribution in [0.3, 0.4) is 0 Å². The Balaban J connectivity index is 1.99. The van der Waals surface area contributed by atoms with E-state index in [1.807, 2.05) is 0 Å². The standard InChI is InChI=1S/C17H19NO5S/c1-3-18-24(20,21)16-10-6-14(7-11-16)17(19)23-12-13-4-8-15(22-2)9-5-13/h4-11,18H,3,12H2,1-2H3. The molecule has 128 valence electrons. The molecule has 0 bridgehead atoms. The maximum atomic E-state index is 12.0. The fourth-order valence-electron chi connectivity index (χ4n) is 2.00. The summed E-state index contributed by atoms with van der Waals surface area (Å²) in [5, 5.41) is 0. The molecule has 0 unspecified atom stereocenters. The number of nitrogens with one attached hydrogen (secondary N) is 1. The Morgan fingerprint density at radius 3 is 2.21 bits per heavy atom. The molecule has 0 saturated heterocycles. The van der Waals surface area contributed by atoms with Gasteiger partial charge >= 0.3 is 5.97 Å². The summed E-state index contributed by atoms with van der Waals surface area (Å²) < 4.78 is 36.3. The number of carbonyl (C=O) groups excluding carboxylic acids is 1. The molecule has 0 aliphatic heterocycles. The summed E-state index contributed by atoms with van der Waals surface area (Å²) in [4.78, 5) is 12.1. The molecule has 6 nitrogen and oxygen atoms in total. The molecule has 0 atom stereocenters. The monoisotopic (exact) mass is 349 g/mol. The first-order valence-electron chi connectivity index (χ1n) is 7.36. The van der Waals surface area contributed by atoms with Crippen LogP contribution >= 0.6 is 0 Å². The summed E-state index contributed by atoms with van der Waals surface area (Å²) in [6.07, 6.45) is 0. The second kappa shape index (κ2) is 7.94. The van der Waals surface area contributed by atoms with E-state index >= 15 is 0 Å². The van der Waals surface area contributed by atoms with E-state index in [-0.39, 0.29) is 11.5 Å². The second-order valence-corrected chi connectivity index (χ2v) is 6.72. The quantitative estimate of drug-likeness (QED) is 0.776. The van der Waals surface area contributed by atoms with Crippen LogP contribution < -0.4 is 9.46 Å². The minimum Gasteiger partial charge on any atom is -0.497 e. The van der Waals surface area contributed by atoms with Crippen molar-refractivity contribution in [2.45, 2.75) is 18.4 Å². The SMILES string of the molecule is CCNS(=O)(=O)c1ccc(C(=O)OCc2ccc(OC)cc2)cc1. The van der Waals surface area contributed by atoms with E-state index in [0.29, 0.717) is 12.1 Å². The third-order valence-electron chi connectivity index (χ3n) is 3.26. The van der Waals surface area contributed by atoms with Gasteiger partial charge in [0, 0.05) is 6.54 Å². The van der Waals surface area contributed by atoms with E-state index in [1.54, 1.807) is 38.3 Å². The highest BCUT2D eigenvalue weighted by Crippen LogP contribution is 2.14. The van der Waals surface area contributed by atoms with Gasteiger partial charge in [0.05, 0.1) is 17.6 Å². The van der Waals surface area contributed by atoms with Gasteiger partial charge in [-0.2, -0.15) is 0 Å². The number of hydrogen-bond donors (Lipinski definition) is 1. The molecule has 0 fully saturated rings. The smallest absolute Gasteiger partial charge is 0.338 e. The molecule has 2 aromatic carbocycles. The molecular formula is C17H19NO5S. The van der Waals surface area contributed by atoms with Crippen molar-refractivity contribution in [3.63, 3.8) is 0 Å². The Labute approximate surface area is 141 Å². The van der Waals surface area contributed by atoms with Crippen LogP contribution in [0, 0.1) is 0 Å². The van der Waals surface area contributed by atoms with Gasteiger partial charge < -0.3 is 9.47 Å². The van der Waals surface area contributed by atoms with Crippen molar-refractivity contribution in [3.8, 4) is 5.75 Å². The van der Waals surface area contributed by atoms with Crippen molar-refractivity contribution < 1.29 is 22.7 Å². The van der Waals surface area contributed by atoms with Crippen LogP contribution in [-0.4, -0.2) is 28.0 Å². The highest BCUT2D eigenvalue weighted by molar-refractivity contribution is 7.89.